The number of rotatable bonds is 33. The van der Waals surface area contributed by atoms with E-state index in [2.05, 4.69) is 57.2 Å². The van der Waals surface area contributed by atoms with E-state index in [-0.39, 0.29) is 5.97 Å². The Morgan fingerprint density at radius 1 is 0.524 bits per heavy atom. The van der Waals surface area contributed by atoms with E-state index in [4.69, 9.17) is 4.74 Å². The molecule has 0 aliphatic heterocycles. The highest BCUT2D eigenvalue weighted by molar-refractivity contribution is 5.69. The van der Waals surface area contributed by atoms with Crippen LogP contribution in [0.2, 0.25) is 0 Å². The number of ether oxygens (including phenoxy) is 1. The minimum absolute atomic E-state index is 0.00764. The maximum absolute atomic E-state index is 11.9. The summed E-state index contributed by atoms with van der Waals surface area (Å²) in [5.41, 5.74) is 0. The third kappa shape index (κ3) is 34.9. The fourth-order valence-electron chi connectivity index (χ4n) is 5.42. The summed E-state index contributed by atoms with van der Waals surface area (Å²) >= 11 is 0. The Morgan fingerprint density at radius 3 is 1.48 bits per heavy atom. The third-order valence-electron chi connectivity index (χ3n) is 8.58. The van der Waals surface area contributed by atoms with Gasteiger partial charge in [-0.15, -0.1) is 0 Å². The molecule has 0 N–H and O–H groups in total. The number of carbonyl (C=O) groups excluding carboxylic acids is 1. The molecule has 42 heavy (non-hydrogen) atoms. The fourth-order valence-corrected chi connectivity index (χ4v) is 5.42. The number of carbonyl (C=O) groups is 1. The fraction of sp³-hybridized carbons (Fsp3) is 0.825. The van der Waals surface area contributed by atoms with E-state index >= 15 is 0 Å². The first-order valence-corrected chi connectivity index (χ1v) is 18.8. The highest BCUT2D eigenvalue weighted by atomic mass is 16.5. The lowest BCUT2D eigenvalue weighted by atomic mass is 9.99. The van der Waals surface area contributed by atoms with E-state index in [0.717, 1.165) is 44.4 Å². The maximum Gasteiger partial charge on any atom is 0.305 e. The van der Waals surface area contributed by atoms with Gasteiger partial charge in [0.2, 0.25) is 0 Å². The molecule has 0 saturated heterocycles. The van der Waals surface area contributed by atoms with Gasteiger partial charge in [-0.05, 0) is 50.9 Å². The molecule has 2 heteroatoms. The van der Waals surface area contributed by atoms with Crippen molar-refractivity contribution in [1.82, 2.24) is 0 Å². The van der Waals surface area contributed by atoms with Crippen LogP contribution in [-0.2, 0) is 9.53 Å². The van der Waals surface area contributed by atoms with Crippen LogP contribution in [0, 0.1) is 5.92 Å². The molecule has 246 valence electrons. The molecule has 1 unspecified atom stereocenters. The molecular weight excluding hydrogens is 512 g/mol. The number of esters is 1. The second-order valence-electron chi connectivity index (χ2n) is 12.8. The molecule has 0 radical (unpaired) electrons. The monoisotopic (exact) mass is 587 g/mol. The second kappa shape index (κ2) is 35.9. The van der Waals surface area contributed by atoms with Crippen molar-refractivity contribution in [2.24, 2.45) is 5.92 Å². The second-order valence-corrected chi connectivity index (χ2v) is 12.8. The average Bonchev–Trinajstić information content (AvgIpc) is 3.00. The molecule has 0 aromatic carbocycles. The summed E-state index contributed by atoms with van der Waals surface area (Å²) in [6.07, 6.45) is 49.2. The Kier molecular flexibility index (Phi) is 34.8. The van der Waals surface area contributed by atoms with E-state index < -0.39 is 0 Å². The SMILES string of the molecule is CC/C=C\C/C=C\C/C=C\CCCCCCCC(=O)OCCCCCCCCCCCCCCCCCCC(C)CC. The molecule has 0 saturated carbocycles. The van der Waals surface area contributed by atoms with Crippen molar-refractivity contribution in [2.45, 2.75) is 201 Å². The molecule has 1 atom stereocenters. The van der Waals surface area contributed by atoms with Crippen molar-refractivity contribution in [3.8, 4) is 0 Å². The predicted octanol–water partition coefficient (Wildman–Crippen LogP) is 13.8. The standard InChI is InChI=1S/C40H74O2/c1-4-6-7-8-9-10-11-12-15-19-22-25-28-31-34-37-40(41)42-38-35-32-29-26-23-20-17-14-13-16-18-21-24-27-30-33-36-39(3)5-2/h6-7,9-10,12,15,39H,4-5,8,11,13-14,16-38H2,1-3H3/b7-6-,10-9-,15-12-. The van der Waals surface area contributed by atoms with Crippen LogP contribution in [0.1, 0.15) is 201 Å². The molecule has 0 aliphatic rings. The third-order valence-corrected chi connectivity index (χ3v) is 8.58. The largest absolute Gasteiger partial charge is 0.466 e. The molecule has 0 rings (SSSR count). The van der Waals surface area contributed by atoms with Crippen LogP contribution < -0.4 is 0 Å². The van der Waals surface area contributed by atoms with Gasteiger partial charge in [0.15, 0.2) is 0 Å². The van der Waals surface area contributed by atoms with E-state index in [0.29, 0.717) is 13.0 Å². The Hall–Kier alpha value is -1.31. The van der Waals surface area contributed by atoms with E-state index in [9.17, 15) is 4.79 Å². The first-order chi connectivity index (χ1) is 20.7. The topological polar surface area (TPSA) is 26.3 Å². The van der Waals surface area contributed by atoms with Gasteiger partial charge in [0, 0.05) is 6.42 Å². The normalized spacial score (nSPS) is 12.7. The van der Waals surface area contributed by atoms with Crippen molar-refractivity contribution < 1.29 is 9.53 Å². The number of unbranched alkanes of at least 4 members (excludes halogenated alkanes) is 20. The molecule has 0 bridgehead atoms. The van der Waals surface area contributed by atoms with Gasteiger partial charge >= 0.3 is 5.97 Å². The van der Waals surface area contributed by atoms with Gasteiger partial charge in [-0.1, -0.05) is 186 Å². The summed E-state index contributed by atoms with van der Waals surface area (Å²) < 4.78 is 5.44. The van der Waals surface area contributed by atoms with Crippen LogP contribution in [0.15, 0.2) is 36.5 Å². The molecule has 0 spiro atoms. The quantitative estimate of drug-likeness (QED) is 0.0434. The average molecular weight is 587 g/mol. The Labute approximate surface area is 264 Å². The molecule has 2 nitrogen and oxygen atoms in total. The Morgan fingerprint density at radius 2 is 0.952 bits per heavy atom. The summed E-state index contributed by atoms with van der Waals surface area (Å²) in [7, 11) is 0. The predicted molar refractivity (Wildman–Crippen MR) is 188 cm³/mol. The van der Waals surface area contributed by atoms with Gasteiger partial charge in [0.25, 0.3) is 0 Å². The van der Waals surface area contributed by atoms with Crippen LogP contribution in [0.5, 0.6) is 0 Å². The molecule has 0 amide bonds. The highest BCUT2D eigenvalue weighted by Crippen LogP contribution is 2.16. The molecular formula is C40H74O2. The lowest BCUT2D eigenvalue weighted by Crippen LogP contribution is -2.05. The highest BCUT2D eigenvalue weighted by Gasteiger charge is 2.03. The summed E-state index contributed by atoms with van der Waals surface area (Å²) in [6, 6.07) is 0. The molecule has 0 aliphatic carbocycles. The zero-order valence-electron chi connectivity index (χ0n) is 28.9. The van der Waals surface area contributed by atoms with Crippen molar-refractivity contribution >= 4 is 5.97 Å². The van der Waals surface area contributed by atoms with E-state index in [1.54, 1.807) is 0 Å². The Balaban J connectivity index is 3.23. The van der Waals surface area contributed by atoms with Gasteiger partial charge in [-0.2, -0.15) is 0 Å². The van der Waals surface area contributed by atoms with Gasteiger partial charge in [0.1, 0.15) is 0 Å². The van der Waals surface area contributed by atoms with Crippen molar-refractivity contribution in [3.63, 3.8) is 0 Å². The van der Waals surface area contributed by atoms with Crippen molar-refractivity contribution in [1.29, 1.82) is 0 Å². The molecule has 0 aromatic rings. The van der Waals surface area contributed by atoms with Crippen LogP contribution in [0.3, 0.4) is 0 Å². The smallest absolute Gasteiger partial charge is 0.305 e. The van der Waals surface area contributed by atoms with Crippen molar-refractivity contribution in [3.05, 3.63) is 36.5 Å². The number of hydrogen-bond donors (Lipinski definition) is 0. The van der Waals surface area contributed by atoms with Crippen molar-refractivity contribution in [2.75, 3.05) is 6.61 Å². The minimum atomic E-state index is 0.00764. The van der Waals surface area contributed by atoms with Crippen LogP contribution in [-0.4, -0.2) is 12.6 Å². The van der Waals surface area contributed by atoms with Gasteiger partial charge in [-0.3, -0.25) is 4.79 Å². The summed E-state index contributed by atoms with van der Waals surface area (Å²) in [6.45, 7) is 7.49. The van der Waals surface area contributed by atoms with Crippen LogP contribution in [0.4, 0.5) is 0 Å². The van der Waals surface area contributed by atoms with Gasteiger partial charge in [0.05, 0.1) is 6.61 Å². The molecule has 0 fully saturated rings. The first kappa shape index (κ1) is 40.7. The van der Waals surface area contributed by atoms with Crippen LogP contribution >= 0.6 is 0 Å². The van der Waals surface area contributed by atoms with Gasteiger partial charge < -0.3 is 4.74 Å². The lowest BCUT2D eigenvalue weighted by molar-refractivity contribution is -0.143. The minimum Gasteiger partial charge on any atom is -0.466 e. The molecule has 0 aromatic heterocycles. The summed E-state index contributed by atoms with van der Waals surface area (Å²) in [5, 5.41) is 0. The summed E-state index contributed by atoms with van der Waals surface area (Å²) in [4.78, 5) is 11.9. The number of hydrogen-bond acceptors (Lipinski definition) is 2. The van der Waals surface area contributed by atoms with E-state index in [1.165, 1.54) is 135 Å². The zero-order valence-corrected chi connectivity index (χ0v) is 28.9. The van der Waals surface area contributed by atoms with E-state index in [1.807, 2.05) is 0 Å². The number of allylic oxidation sites excluding steroid dienone is 6. The first-order valence-electron chi connectivity index (χ1n) is 18.8. The molecule has 0 heterocycles. The lowest BCUT2D eigenvalue weighted by Gasteiger charge is -2.07. The maximum atomic E-state index is 11.9. The van der Waals surface area contributed by atoms with Gasteiger partial charge in [-0.25, -0.2) is 0 Å². The van der Waals surface area contributed by atoms with Crippen LogP contribution in [0.25, 0.3) is 0 Å². The zero-order chi connectivity index (χ0) is 30.6. The summed E-state index contributed by atoms with van der Waals surface area (Å²) in [5.74, 6) is 0.935. The Bertz CT molecular complexity index is 617.